The number of hydrogen-bond acceptors (Lipinski definition) is 4. The Bertz CT molecular complexity index is 1510. The summed E-state index contributed by atoms with van der Waals surface area (Å²) in [6.45, 7) is 3.30. The van der Waals surface area contributed by atoms with Crippen molar-refractivity contribution in [3.05, 3.63) is 94.0 Å². The molecule has 2 amide bonds. The SMILES string of the molecule is CCc1ccccc1N(CC(=O)N(Cc1ccc(Cl)cc1Cl)C(CC)C(=O)NC1CCCCC1)S(=O)(=O)c1ccccc1. The molecule has 1 aliphatic rings. The van der Waals surface area contributed by atoms with Crippen molar-refractivity contribution in [2.45, 2.75) is 82.3 Å². The summed E-state index contributed by atoms with van der Waals surface area (Å²) in [7, 11) is -4.14. The third kappa shape index (κ3) is 8.11. The molecule has 0 saturated heterocycles. The van der Waals surface area contributed by atoms with Crippen LogP contribution in [0.1, 0.15) is 63.5 Å². The third-order valence-electron chi connectivity index (χ3n) is 7.94. The van der Waals surface area contributed by atoms with Gasteiger partial charge in [-0.25, -0.2) is 8.42 Å². The number of amides is 2. The van der Waals surface area contributed by atoms with Gasteiger partial charge in [-0.3, -0.25) is 13.9 Å². The molecule has 3 aromatic rings. The van der Waals surface area contributed by atoms with Crippen LogP contribution in [0.3, 0.4) is 0 Å². The van der Waals surface area contributed by atoms with Gasteiger partial charge in [-0.15, -0.1) is 0 Å². The molecule has 0 bridgehead atoms. The Morgan fingerprint density at radius 1 is 0.907 bits per heavy atom. The Morgan fingerprint density at radius 2 is 1.58 bits per heavy atom. The number of halogens is 2. The lowest BCUT2D eigenvalue weighted by molar-refractivity contribution is -0.140. The number of nitrogens with zero attached hydrogens (tertiary/aromatic N) is 2. The molecule has 43 heavy (non-hydrogen) atoms. The molecule has 4 rings (SSSR count). The van der Waals surface area contributed by atoms with Crippen molar-refractivity contribution in [2.24, 2.45) is 0 Å². The minimum atomic E-state index is -4.14. The molecular weight excluding hydrogens is 605 g/mol. The van der Waals surface area contributed by atoms with Gasteiger partial charge in [-0.2, -0.15) is 0 Å². The molecule has 1 unspecified atom stereocenters. The number of benzene rings is 3. The zero-order chi connectivity index (χ0) is 31.0. The summed E-state index contributed by atoms with van der Waals surface area (Å²) in [6.07, 6.45) is 5.95. The van der Waals surface area contributed by atoms with Crippen LogP contribution in [-0.2, 0) is 32.6 Å². The smallest absolute Gasteiger partial charge is 0.264 e. The average Bonchev–Trinajstić information content (AvgIpc) is 3.01. The average molecular weight is 645 g/mol. The van der Waals surface area contributed by atoms with E-state index in [1.165, 1.54) is 17.0 Å². The molecular formula is C33H39Cl2N3O4S. The number of carbonyl (C=O) groups excluding carboxylic acids is 2. The minimum Gasteiger partial charge on any atom is -0.352 e. The van der Waals surface area contributed by atoms with Crippen LogP contribution in [0.4, 0.5) is 5.69 Å². The van der Waals surface area contributed by atoms with Crippen LogP contribution in [0.5, 0.6) is 0 Å². The zero-order valence-corrected chi connectivity index (χ0v) is 27.0. The van der Waals surface area contributed by atoms with Crippen molar-refractivity contribution in [1.29, 1.82) is 0 Å². The molecule has 3 aromatic carbocycles. The van der Waals surface area contributed by atoms with Crippen molar-refractivity contribution in [2.75, 3.05) is 10.8 Å². The monoisotopic (exact) mass is 643 g/mol. The normalized spacial score (nSPS) is 14.6. The van der Waals surface area contributed by atoms with E-state index in [2.05, 4.69) is 5.32 Å². The second kappa shape index (κ2) is 15.1. The number of anilines is 1. The van der Waals surface area contributed by atoms with E-state index in [0.29, 0.717) is 34.1 Å². The fourth-order valence-electron chi connectivity index (χ4n) is 5.58. The van der Waals surface area contributed by atoms with Crippen LogP contribution in [0, 0.1) is 0 Å². The first kappa shape index (κ1) is 32.8. The first-order valence-electron chi connectivity index (χ1n) is 14.8. The Balaban J connectivity index is 1.74. The summed E-state index contributed by atoms with van der Waals surface area (Å²) < 4.78 is 29.3. The predicted molar refractivity (Wildman–Crippen MR) is 173 cm³/mol. The van der Waals surface area contributed by atoms with E-state index in [9.17, 15) is 18.0 Å². The number of para-hydroxylation sites is 1. The molecule has 0 spiro atoms. The maximum Gasteiger partial charge on any atom is 0.264 e. The van der Waals surface area contributed by atoms with E-state index >= 15 is 0 Å². The highest BCUT2D eigenvalue weighted by Crippen LogP contribution is 2.29. The van der Waals surface area contributed by atoms with Crippen molar-refractivity contribution >= 4 is 50.7 Å². The van der Waals surface area contributed by atoms with E-state index in [1.54, 1.807) is 48.5 Å². The summed E-state index contributed by atoms with van der Waals surface area (Å²) in [5.74, 6) is -0.763. The van der Waals surface area contributed by atoms with Crippen LogP contribution in [0.15, 0.2) is 77.7 Å². The van der Waals surface area contributed by atoms with Crippen molar-refractivity contribution < 1.29 is 18.0 Å². The lowest BCUT2D eigenvalue weighted by atomic mass is 9.95. The molecule has 1 atom stereocenters. The highest BCUT2D eigenvalue weighted by Gasteiger charge is 2.35. The van der Waals surface area contributed by atoms with Gasteiger partial charge in [0.05, 0.1) is 10.6 Å². The van der Waals surface area contributed by atoms with E-state index in [1.807, 2.05) is 26.0 Å². The van der Waals surface area contributed by atoms with E-state index in [4.69, 9.17) is 23.2 Å². The summed E-state index contributed by atoms with van der Waals surface area (Å²) in [4.78, 5) is 29.6. The van der Waals surface area contributed by atoms with Gasteiger partial charge >= 0.3 is 0 Å². The van der Waals surface area contributed by atoms with Crippen molar-refractivity contribution in [3.63, 3.8) is 0 Å². The van der Waals surface area contributed by atoms with Crippen LogP contribution in [0.25, 0.3) is 0 Å². The van der Waals surface area contributed by atoms with Gasteiger partial charge in [0.25, 0.3) is 10.0 Å². The fourth-order valence-corrected chi connectivity index (χ4v) is 7.52. The van der Waals surface area contributed by atoms with E-state index < -0.39 is 28.5 Å². The second-order valence-corrected chi connectivity index (χ2v) is 13.5. The van der Waals surface area contributed by atoms with Crippen LogP contribution < -0.4 is 9.62 Å². The van der Waals surface area contributed by atoms with Gasteiger partial charge in [0, 0.05) is 22.6 Å². The molecule has 0 aromatic heterocycles. The largest absolute Gasteiger partial charge is 0.352 e. The molecule has 0 radical (unpaired) electrons. The van der Waals surface area contributed by atoms with Crippen LogP contribution >= 0.6 is 23.2 Å². The maximum atomic E-state index is 14.4. The molecule has 7 nitrogen and oxygen atoms in total. The van der Waals surface area contributed by atoms with Crippen molar-refractivity contribution in [3.8, 4) is 0 Å². The van der Waals surface area contributed by atoms with Gasteiger partial charge in [0.2, 0.25) is 11.8 Å². The van der Waals surface area contributed by atoms with Crippen LogP contribution in [0.2, 0.25) is 10.0 Å². The molecule has 1 N–H and O–H groups in total. The first-order chi connectivity index (χ1) is 20.6. The summed E-state index contributed by atoms with van der Waals surface area (Å²) in [5, 5.41) is 3.96. The molecule has 0 aliphatic heterocycles. The highest BCUT2D eigenvalue weighted by molar-refractivity contribution is 7.92. The fraction of sp³-hybridized carbons (Fsp3) is 0.394. The minimum absolute atomic E-state index is 0.0140. The number of hydrogen-bond donors (Lipinski definition) is 1. The number of rotatable bonds is 12. The van der Waals surface area contributed by atoms with Gasteiger partial charge in [-0.1, -0.05) is 98.8 Å². The Morgan fingerprint density at radius 3 is 2.23 bits per heavy atom. The standard InChI is InChI=1S/C33H39Cl2N3O4S/c1-3-24-13-11-12-18-31(24)38(43(41,42)28-16-9-6-10-17-28)23-32(39)37(22-25-19-20-26(34)21-29(25)35)30(4-2)33(40)36-27-14-7-5-8-15-27/h6,9-13,16-21,27,30H,3-5,7-8,14-15,22-23H2,1-2H3,(H,36,40). The van der Waals surface area contributed by atoms with Crippen molar-refractivity contribution in [1.82, 2.24) is 10.2 Å². The number of nitrogens with one attached hydrogen (secondary N) is 1. The number of aryl methyl sites for hydroxylation is 1. The Labute approximate surface area is 265 Å². The van der Waals surface area contributed by atoms with Gasteiger partial charge in [0.1, 0.15) is 12.6 Å². The third-order valence-corrected chi connectivity index (χ3v) is 10.3. The Kier molecular flexibility index (Phi) is 11.5. The Hall–Kier alpha value is -3.07. The quantitative estimate of drug-likeness (QED) is 0.230. The zero-order valence-electron chi connectivity index (χ0n) is 24.6. The molecule has 1 aliphatic carbocycles. The summed E-state index contributed by atoms with van der Waals surface area (Å²) >= 11 is 12.7. The summed E-state index contributed by atoms with van der Waals surface area (Å²) in [5.41, 5.74) is 1.81. The molecule has 1 saturated carbocycles. The molecule has 0 heterocycles. The van der Waals surface area contributed by atoms with Gasteiger partial charge in [0.15, 0.2) is 0 Å². The molecule has 10 heteroatoms. The van der Waals surface area contributed by atoms with Gasteiger partial charge < -0.3 is 10.2 Å². The molecule has 1 fully saturated rings. The lowest BCUT2D eigenvalue weighted by Crippen LogP contribution is -2.54. The predicted octanol–water partition coefficient (Wildman–Crippen LogP) is 7.01. The second-order valence-electron chi connectivity index (χ2n) is 10.8. The topological polar surface area (TPSA) is 86.8 Å². The van der Waals surface area contributed by atoms with E-state index in [0.717, 1.165) is 42.0 Å². The maximum absolute atomic E-state index is 14.4. The summed E-state index contributed by atoms with van der Waals surface area (Å²) in [6, 6.07) is 19.4. The number of sulfonamides is 1. The van der Waals surface area contributed by atoms with Gasteiger partial charge in [-0.05, 0) is 67.1 Å². The highest BCUT2D eigenvalue weighted by atomic mass is 35.5. The lowest BCUT2D eigenvalue weighted by Gasteiger charge is -2.35. The first-order valence-corrected chi connectivity index (χ1v) is 17.0. The van der Waals surface area contributed by atoms with E-state index in [-0.39, 0.29) is 23.4 Å². The number of carbonyl (C=O) groups is 2. The molecule has 230 valence electrons. The van der Waals surface area contributed by atoms with Crippen LogP contribution in [-0.4, -0.2) is 43.8 Å².